The third-order valence-electron chi connectivity index (χ3n) is 3.13. The molecular formula is C12H14O3. The van der Waals surface area contributed by atoms with Gasteiger partial charge in [-0.15, -0.1) is 0 Å². The molecule has 0 spiro atoms. The molecule has 0 aliphatic heterocycles. The summed E-state index contributed by atoms with van der Waals surface area (Å²) in [5, 5.41) is 0. The predicted molar refractivity (Wildman–Crippen MR) is 55.1 cm³/mol. The normalized spacial score (nSPS) is 29.4. The lowest BCUT2D eigenvalue weighted by Crippen LogP contribution is -2.22. The Morgan fingerprint density at radius 3 is 3.07 bits per heavy atom. The van der Waals surface area contributed by atoms with Crippen molar-refractivity contribution in [1.82, 2.24) is 0 Å². The van der Waals surface area contributed by atoms with Gasteiger partial charge in [0.15, 0.2) is 5.78 Å². The molecule has 1 saturated carbocycles. The molecule has 2 rings (SSSR count). The van der Waals surface area contributed by atoms with Crippen molar-refractivity contribution in [3.05, 3.63) is 23.8 Å². The van der Waals surface area contributed by atoms with Gasteiger partial charge in [0.25, 0.3) is 0 Å². The Kier molecular flexibility index (Phi) is 2.71. The number of hydrogen-bond donors (Lipinski definition) is 0. The molecule has 0 heterocycles. The van der Waals surface area contributed by atoms with E-state index in [-0.39, 0.29) is 23.6 Å². The Balaban J connectivity index is 2.29. The molecule has 0 saturated heterocycles. The van der Waals surface area contributed by atoms with E-state index in [4.69, 9.17) is 4.74 Å². The molecule has 2 atom stereocenters. The molecule has 0 unspecified atom stereocenters. The van der Waals surface area contributed by atoms with Crippen LogP contribution in [0.5, 0.6) is 0 Å². The van der Waals surface area contributed by atoms with Crippen molar-refractivity contribution < 1.29 is 14.3 Å². The van der Waals surface area contributed by atoms with E-state index in [1.54, 1.807) is 0 Å². The summed E-state index contributed by atoms with van der Waals surface area (Å²) in [5.74, 6) is -0.268. The molecular weight excluding hydrogens is 192 g/mol. The maximum atomic E-state index is 11.6. The van der Waals surface area contributed by atoms with Gasteiger partial charge >= 0.3 is 5.97 Å². The summed E-state index contributed by atoms with van der Waals surface area (Å²) in [6, 6.07) is 0. The molecule has 80 valence electrons. The van der Waals surface area contributed by atoms with Crippen molar-refractivity contribution in [3.63, 3.8) is 0 Å². The van der Waals surface area contributed by atoms with E-state index in [1.807, 2.05) is 18.2 Å². The molecule has 0 aromatic carbocycles. The fourth-order valence-corrected chi connectivity index (χ4v) is 2.36. The number of esters is 1. The summed E-state index contributed by atoms with van der Waals surface area (Å²) in [4.78, 5) is 23.1. The maximum absolute atomic E-state index is 11.6. The van der Waals surface area contributed by atoms with Crippen LogP contribution in [0.15, 0.2) is 23.8 Å². The average Bonchev–Trinajstić information content (AvgIpc) is 2.51. The summed E-state index contributed by atoms with van der Waals surface area (Å²) in [5.41, 5.74) is 0.829. The minimum Gasteiger partial charge on any atom is -0.469 e. The molecule has 15 heavy (non-hydrogen) atoms. The molecule has 2 aliphatic carbocycles. The highest BCUT2D eigenvalue weighted by molar-refractivity contribution is 5.99. The summed E-state index contributed by atoms with van der Waals surface area (Å²) >= 11 is 0. The number of ether oxygens (including phenoxy) is 1. The van der Waals surface area contributed by atoms with Gasteiger partial charge in [0, 0.05) is 12.3 Å². The average molecular weight is 206 g/mol. The Hall–Kier alpha value is -1.38. The van der Waals surface area contributed by atoms with Crippen LogP contribution < -0.4 is 0 Å². The van der Waals surface area contributed by atoms with Crippen molar-refractivity contribution in [3.8, 4) is 0 Å². The third-order valence-corrected chi connectivity index (χ3v) is 3.13. The number of rotatable bonds is 1. The van der Waals surface area contributed by atoms with Gasteiger partial charge in [0.05, 0.1) is 13.0 Å². The molecule has 3 heteroatoms. The standard InChI is InChI=1S/C12H14O3/c1-15-12(14)10-5-3-2-4-9-8(10)6-7-11(9)13/h3-5,8,10H,2,6-7H2,1H3/t8-,10-/m1/s1. The van der Waals surface area contributed by atoms with E-state index in [9.17, 15) is 9.59 Å². The highest BCUT2D eigenvalue weighted by atomic mass is 16.5. The van der Waals surface area contributed by atoms with Gasteiger partial charge in [-0.05, 0) is 18.4 Å². The number of hydrogen-bond acceptors (Lipinski definition) is 3. The zero-order chi connectivity index (χ0) is 10.8. The minimum atomic E-state index is -0.268. The first-order valence-electron chi connectivity index (χ1n) is 5.21. The Labute approximate surface area is 88.8 Å². The van der Waals surface area contributed by atoms with Crippen molar-refractivity contribution in [2.75, 3.05) is 7.11 Å². The number of Topliss-reactive ketones (excluding diaryl/α,β-unsaturated/α-hetero) is 1. The van der Waals surface area contributed by atoms with E-state index in [0.717, 1.165) is 18.4 Å². The second kappa shape index (κ2) is 4.01. The largest absolute Gasteiger partial charge is 0.469 e. The number of ketones is 1. The number of allylic oxidation sites excluding steroid dienone is 3. The molecule has 0 aromatic heterocycles. The zero-order valence-corrected chi connectivity index (χ0v) is 8.73. The SMILES string of the molecule is COC(=O)[C@@H]1C=CCC=C2C(=O)CC[C@H]21. The van der Waals surface area contributed by atoms with Gasteiger partial charge in [0.1, 0.15) is 0 Å². The van der Waals surface area contributed by atoms with Crippen molar-refractivity contribution in [2.24, 2.45) is 11.8 Å². The molecule has 1 fully saturated rings. The first-order valence-corrected chi connectivity index (χ1v) is 5.21. The monoisotopic (exact) mass is 206 g/mol. The lowest BCUT2D eigenvalue weighted by Gasteiger charge is -2.17. The van der Waals surface area contributed by atoms with Gasteiger partial charge in [-0.1, -0.05) is 18.2 Å². The van der Waals surface area contributed by atoms with Crippen LogP contribution in [0.25, 0.3) is 0 Å². The van der Waals surface area contributed by atoms with Crippen molar-refractivity contribution in [2.45, 2.75) is 19.3 Å². The summed E-state index contributed by atoms with van der Waals surface area (Å²) < 4.78 is 4.76. The zero-order valence-electron chi connectivity index (χ0n) is 8.73. The molecule has 2 aliphatic rings. The molecule has 0 N–H and O–H groups in total. The van der Waals surface area contributed by atoms with Crippen LogP contribution in [0.1, 0.15) is 19.3 Å². The highest BCUT2D eigenvalue weighted by Crippen LogP contribution is 2.37. The quantitative estimate of drug-likeness (QED) is 0.484. The van der Waals surface area contributed by atoms with Crippen LogP contribution >= 0.6 is 0 Å². The van der Waals surface area contributed by atoms with Crippen LogP contribution in [-0.4, -0.2) is 18.9 Å². The summed E-state index contributed by atoms with van der Waals surface area (Å²) in [7, 11) is 1.39. The number of methoxy groups -OCH3 is 1. The second-order valence-electron chi connectivity index (χ2n) is 3.94. The van der Waals surface area contributed by atoms with E-state index in [2.05, 4.69) is 0 Å². The van der Waals surface area contributed by atoms with E-state index < -0.39 is 0 Å². The van der Waals surface area contributed by atoms with Crippen LogP contribution in [-0.2, 0) is 14.3 Å². The van der Waals surface area contributed by atoms with Gasteiger partial charge in [-0.25, -0.2) is 0 Å². The van der Waals surface area contributed by atoms with Gasteiger partial charge in [0.2, 0.25) is 0 Å². The highest BCUT2D eigenvalue weighted by Gasteiger charge is 2.37. The van der Waals surface area contributed by atoms with E-state index in [0.29, 0.717) is 6.42 Å². The third kappa shape index (κ3) is 1.74. The number of carbonyl (C=O) groups is 2. The lowest BCUT2D eigenvalue weighted by atomic mass is 9.88. The molecule has 0 radical (unpaired) electrons. The fraction of sp³-hybridized carbons (Fsp3) is 0.500. The van der Waals surface area contributed by atoms with Gasteiger partial charge < -0.3 is 4.74 Å². The topological polar surface area (TPSA) is 43.4 Å². The Bertz CT molecular complexity index is 352. The van der Waals surface area contributed by atoms with Gasteiger partial charge in [-0.3, -0.25) is 9.59 Å². The first kappa shape index (κ1) is 10.1. The minimum absolute atomic E-state index is 0.0451. The molecule has 3 nitrogen and oxygen atoms in total. The van der Waals surface area contributed by atoms with Gasteiger partial charge in [-0.2, -0.15) is 0 Å². The number of carbonyl (C=O) groups excluding carboxylic acids is 2. The van der Waals surface area contributed by atoms with E-state index in [1.165, 1.54) is 7.11 Å². The first-order chi connectivity index (χ1) is 7.24. The van der Waals surface area contributed by atoms with Crippen molar-refractivity contribution >= 4 is 11.8 Å². The Morgan fingerprint density at radius 1 is 1.53 bits per heavy atom. The predicted octanol–water partition coefficient (Wildman–Crippen LogP) is 1.64. The number of fused-ring (bicyclic) bond motifs is 1. The van der Waals surface area contributed by atoms with Crippen LogP contribution in [0, 0.1) is 11.8 Å². The van der Waals surface area contributed by atoms with Crippen LogP contribution in [0.2, 0.25) is 0 Å². The van der Waals surface area contributed by atoms with Crippen molar-refractivity contribution in [1.29, 1.82) is 0 Å². The summed E-state index contributed by atoms with van der Waals surface area (Å²) in [6.45, 7) is 0. The lowest BCUT2D eigenvalue weighted by molar-refractivity contribution is -0.144. The smallest absolute Gasteiger partial charge is 0.313 e. The molecule has 0 bridgehead atoms. The fourth-order valence-electron chi connectivity index (χ4n) is 2.36. The van der Waals surface area contributed by atoms with Crippen LogP contribution in [0.4, 0.5) is 0 Å². The molecule has 0 aromatic rings. The molecule has 0 amide bonds. The Morgan fingerprint density at radius 2 is 2.33 bits per heavy atom. The van der Waals surface area contributed by atoms with Crippen LogP contribution in [0.3, 0.4) is 0 Å². The summed E-state index contributed by atoms with van der Waals surface area (Å²) in [6.07, 6.45) is 7.83. The maximum Gasteiger partial charge on any atom is 0.313 e. The van der Waals surface area contributed by atoms with E-state index >= 15 is 0 Å². The second-order valence-corrected chi connectivity index (χ2v) is 3.94.